The van der Waals surface area contributed by atoms with Crippen LogP contribution < -0.4 is 5.73 Å². The fourth-order valence-corrected chi connectivity index (χ4v) is 2.24. The second-order valence-corrected chi connectivity index (χ2v) is 4.83. The van der Waals surface area contributed by atoms with E-state index in [1.165, 1.54) is 30.4 Å². The van der Waals surface area contributed by atoms with E-state index < -0.39 is 11.6 Å². The normalized spacial score (nSPS) is 12.1. The summed E-state index contributed by atoms with van der Waals surface area (Å²) in [5, 5.41) is 2.40. The van der Waals surface area contributed by atoms with E-state index in [9.17, 15) is 8.78 Å². The Hall–Kier alpha value is -1.04. The first-order chi connectivity index (χ1) is 7.99. The van der Waals surface area contributed by atoms with E-state index in [1.54, 1.807) is 12.3 Å². The number of aryl methyl sites for hydroxylation is 1. The maximum Gasteiger partial charge on any atom is 0.133 e. The summed E-state index contributed by atoms with van der Waals surface area (Å²) in [5.74, 6) is -0.901. The molecule has 0 bridgehead atoms. The molecule has 0 saturated carbocycles. The van der Waals surface area contributed by atoms with Gasteiger partial charge in [0, 0.05) is 10.9 Å². The van der Waals surface area contributed by atoms with E-state index in [-0.39, 0.29) is 29.6 Å². The summed E-state index contributed by atoms with van der Waals surface area (Å²) < 4.78 is 27.1. The highest BCUT2D eigenvalue weighted by molar-refractivity contribution is 7.10. The molecule has 1 aromatic carbocycles. The summed E-state index contributed by atoms with van der Waals surface area (Å²) in [6.07, 6.45) is 0. The SMILES string of the molecule is Cc1cc(F)c(-c2csc(C(C)N)n2)cc1F.Cl. The standard InChI is InChI=1S/C12H12F2N2S.ClH/c1-6-3-10(14)8(4-9(6)13)11-5-17-12(16-11)7(2)15;/h3-5,7H,15H2,1-2H3;1H. The van der Waals surface area contributed by atoms with Gasteiger partial charge in [-0.15, -0.1) is 23.7 Å². The van der Waals surface area contributed by atoms with Crippen molar-refractivity contribution in [3.8, 4) is 11.3 Å². The van der Waals surface area contributed by atoms with Crippen molar-refractivity contribution in [2.45, 2.75) is 19.9 Å². The number of hydrogen-bond acceptors (Lipinski definition) is 3. The van der Waals surface area contributed by atoms with Crippen LogP contribution in [0.5, 0.6) is 0 Å². The molecule has 2 N–H and O–H groups in total. The summed E-state index contributed by atoms with van der Waals surface area (Å²) in [6, 6.07) is 2.15. The van der Waals surface area contributed by atoms with Crippen LogP contribution in [0.1, 0.15) is 23.5 Å². The van der Waals surface area contributed by atoms with Gasteiger partial charge < -0.3 is 5.73 Å². The summed E-state index contributed by atoms with van der Waals surface area (Å²) in [5.41, 5.74) is 6.57. The number of nitrogens with zero attached hydrogens (tertiary/aromatic N) is 1. The Bertz CT molecular complexity index is 555. The van der Waals surface area contributed by atoms with E-state index in [2.05, 4.69) is 4.98 Å². The molecule has 1 unspecified atom stereocenters. The highest BCUT2D eigenvalue weighted by Crippen LogP contribution is 2.28. The van der Waals surface area contributed by atoms with Crippen LogP contribution >= 0.6 is 23.7 Å². The highest BCUT2D eigenvalue weighted by Gasteiger charge is 2.13. The van der Waals surface area contributed by atoms with Gasteiger partial charge in [-0.05, 0) is 31.5 Å². The number of benzene rings is 1. The minimum absolute atomic E-state index is 0. The van der Waals surface area contributed by atoms with Gasteiger partial charge in [0.15, 0.2) is 0 Å². The van der Waals surface area contributed by atoms with Crippen LogP contribution in [0.25, 0.3) is 11.3 Å². The van der Waals surface area contributed by atoms with E-state index in [0.29, 0.717) is 10.7 Å². The van der Waals surface area contributed by atoms with Gasteiger partial charge in [0.1, 0.15) is 16.6 Å². The Balaban J connectivity index is 0.00000162. The summed E-state index contributed by atoms with van der Waals surface area (Å²) >= 11 is 1.35. The molecule has 1 aromatic heterocycles. The summed E-state index contributed by atoms with van der Waals surface area (Å²) in [6.45, 7) is 3.32. The van der Waals surface area contributed by atoms with Crippen molar-refractivity contribution in [1.29, 1.82) is 0 Å². The van der Waals surface area contributed by atoms with Gasteiger partial charge in [0.25, 0.3) is 0 Å². The summed E-state index contributed by atoms with van der Waals surface area (Å²) in [4.78, 5) is 4.20. The first kappa shape index (κ1) is 15.0. The average molecular weight is 291 g/mol. The van der Waals surface area contributed by atoms with Crippen molar-refractivity contribution in [2.75, 3.05) is 0 Å². The largest absolute Gasteiger partial charge is 0.322 e. The lowest BCUT2D eigenvalue weighted by atomic mass is 10.1. The van der Waals surface area contributed by atoms with Crippen molar-refractivity contribution in [3.05, 3.63) is 39.7 Å². The van der Waals surface area contributed by atoms with E-state index >= 15 is 0 Å². The Morgan fingerprint density at radius 2 is 1.94 bits per heavy atom. The molecule has 2 nitrogen and oxygen atoms in total. The quantitative estimate of drug-likeness (QED) is 0.913. The average Bonchev–Trinajstić information content (AvgIpc) is 2.72. The van der Waals surface area contributed by atoms with Crippen molar-refractivity contribution in [3.63, 3.8) is 0 Å². The van der Waals surface area contributed by atoms with Gasteiger partial charge >= 0.3 is 0 Å². The fourth-order valence-electron chi connectivity index (χ4n) is 1.46. The van der Waals surface area contributed by atoms with Crippen LogP contribution in [0.15, 0.2) is 17.5 Å². The smallest absolute Gasteiger partial charge is 0.133 e. The van der Waals surface area contributed by atoms with E-state index in [0.717, 1.165) is 0 Å². The first-order valence-electron chi connectivity index (χ1n) is 5.16. The monoisotopic (exact) mass is 290 g/mol. The topological polar surface area (TPSA) is 38.9 Å². The highest BCUT2D eigenvalue weighted by atomic mass is 35.5. The molecule has 0 aliphatic heterocycles. The van der Waals surface area contributed by atoms with E-state index in [1.807, 2.05) is 0 Å². The lowest BCUT2D eigenvalue weighted by Crippen LogP contribution is -2.04. The van der Waals surface area contributed by atoms with Gasteiger partial charge in [0.05, 0.1) is 11.7 Å². The van der Waals surface area contributed by atoms with E-state index in [4.69, 9.17) is 5.73 Å². The lowest BCUT2D eigenvalue weighted by molar-refractivity contribution is 0.595. The number of halogens is 3. The third kappa shape index (κ3) is 2.85. The fraction of sp³-hybridized carbons (Fsp3) is 0.250. The van der Waals surface area contributed by atoms with Gasteiger partial charge in [-0.1, -0.05) is 0 Å². The Kier molecular flexibility index (Phi) is 4.78. The van der Waals surface area contributed by atoms with Gasteiger partial charge in [-0.25, -0.2) is 13.8 Å². The van der Waals surface area contributed by atoms with Crippen LogP contribution in [-0.4, -0.2) is 4.98 Å². The van der Waals surface area contributed by atoms with Gasteiger partial charge in [-0.3, -0.25) is 0 Å². The van der Waals surface area contributed by atoms with Crippen LogP contribution in [0, 0.1) is 18.6 Å². The lowest BCUT2D eigenvalue weighted by Gasteiger charge is -2.03. The molecule has 0 amide bonds. The molecule has 0 radical (unpaired) electrons. The Morgan fingerprint density at radius 1 is 1.28 bits per heavy atom. The van der Waals surface area contributed by atoms with Gasteiger partial charge in [-0.2, -0.15) is 0 Å². The van der Waals surface area contributed by atoms with Crippen molar-refractivity contribution >= 4 is 23.7 Å². The zero-order chi connectivity index (χ0) is 12.6. The third-order valence-corrected chi connectivity index (χ3v) is 3.48. The molecule has 1 atom stereocenters. The maximum absolute atomic E-state index is 13.7. The minimum atomic E-state index is -0.467. The van der Waals surface area contributed by atoms with Crippen LogP contribution in [0.4, 0.5) is 8.78 Å². The maximum atomic E-state index is 13.7. The zero-order valence-corrected chi connectivity index (χ0v) is 11.5. The number of nitrogens with two attached hydrogens (primary N) is 1. The molecule has 98 valence electrons. The first-order valence-corrected chi connectivity index (χ1v) is 6.04. The molecule has 6 heteroatoms. The second-order valence-electron chi connectivity index (χ2n) is 3.94. The molecule has 0 aliphatic rings. The molecule has 2 rings (SSSR count). The Labute approximate surface area is 114 Å². The molecule has 18 heavy (non-hydrogen) atoms. The molecule has 2 aromatic rings. The zero-order valence-electron chi connectivity index (χ0n) is 9.91. The molecule has 0 fully saturated rings. The number of aromatic nitrogens is 1. The molecule has 1 heterocycles. The second kappa shape index (κ2) is 5.73. The molecule has 0 spiro atoms. The van der Waals surface area contributed by atoms with Crippen molar-refractivity contribution in [2.24, 2.45) is 5.73 Å². The molecular formula is C12H13ClF2N2S. The summed E-state index contributed by atoms with van der Waals surface area (Å²) in [7, 11) is 0. The van der Waals surface area contributed by atoms with Crippen molar-refractivity contribution in [1.82, 2.24) is 4.98 Å². The van der Waals surface area contributed by atoms with Crippen LogP contribution in [0.3, 0.4) is 0 Å². The molecule has 0 saturated heterocycles. The molecule has 0 aliphatic carbocycles. The number of hydrogen-bond donors (Lipinski definition) is 1. The predicted molar refractivity (Wildman–Crippen MR) is 72.1 cm³/mol. The van der Waals surface area contributed by atoms with Crippen molar-refractivity contribution < 1.29 is 8.78 Å². The number of thiazole rings is 1. The third-order valence-electron chi connectivity index (χ3n) is 2.44. The minimum Gasteiger partial charge on any atom is -0.322 e. The number of rotatable bonds is 2. The van der Waals surface area contributed by atoms with Crippen LogP contribution in [-0.2, 0) is 0 Å². The van der Waals surface area contributed by atoms with Gasteiger partial charge in [0.2, 0.25) is 0 Å². The van der Waals surface area contributed by atoms with Crippen LogP contribution in [0.2, 0.25) is 0 Å². The Morgan fingerprint density at radius 3 is 2.50 bits per heavy atom. The molecular weight excluding hydrogens is 278 g/mol. The predicted octanol–water partition coefficient (Wildman–Crippen LogP) is 3.84.